The molecule has 2 rings (SSSR count). The van der Waals surface area contributed by atoms with E-state index < -0.39 is 0 Å². The molecule has 0 atom stereocenters. The Morgan fingerprint density at radius 2 is 1.82 bits per heavy atom. The number of ether oxygens (including phenoxy) is 1. The number of hydrogen-bond donors (Lipinski definition) is 1. The van der Waals surface area contributed by atoms with Crippen molar-refractivity contribution in [3.63, 3.8) is 0 Å². The van der Waals surface area contributed by atoms with E-state index in [-0.39, 0.29) is 5.54 Å². The van der Waals surface area contributed by atoms with Gasteiger partial charge in [-0.05, 0) is 50.4 Å². The summed E-state index contributed by atoms with van der Waals surface area (Å²) < 4.78 is 5.79. The van der Waals surface area contributed by atoms with E-state index in [9.17, 15) is 0 Å². The first-order valence-corrected chi connectivity index (χ1v) is 7.58. The second-order valence-electron chi connectivity index (χ2n) is 6.41. The largest absolute Gasteiger partial charge is 0.379 e. The van der Waals surface area contributed by atoms with E-state index in [4.69, 9.17) is 10.5 Å². The van der Waals surface area contributed by atoms with Crippen LogP contribution < -0.4 is 5.73 Å². The second kappa shape index (κ2) is 6.19. The highest BCUT2D eigenvalue weighted by atomic mass is 16.5. The summed E-state index contributed by atoms with van der Waals surface area (Å²) >= 11 is 0. The first-order chi connectivity index (χ1) is 8.22. The van der Waals surface area contributed by atoms with Crippen LogP contribution in [0.15, 0.2) is 0 Å². The van der Waals surface area contributed by atoms with Crippen molar-refractivity contribution in [3.05, 3.63) is 0 Å². The lowest BCUT2D eigenvalue weighted by atomic mass is 9.76. The van der Waals surface area contributed by atoms with E-state index in [1.54, 1.807) is 0 Å². The molecule has 2 saturated carbocycles. The molecule has 2 fully saturated rings. The summed E-state index contributed by atoms with van der Waals surface area (Å²) in [5.74, 6) is 1.80. The van der Waals surface area contributed by atoms with Gasteiger partial charge in [0, 0.05) is 12.1 Å². The van der Waals surface area contributed by atoms with Gasteiger partial charge in [0.1, 0.15) is 0 Å². The van der Waals surface area contributed by atoms with Crippen LogP contribution in [0, 0.1) is 11.8 Å². The van der Waals surface area contributed by atoms with Crippen LogP contribution in [0.5, 0.6) is 0 Å². The molecule has 0 aromatic heterocycles. The zero-order chi connectivity index (χ0) is 12.1. The van der Waals surface area contributed by atoms with Gasteiger partial charge in [-0.15, -0.1) is 0 Å². The standard InChI is InChI=1S/C15H29NO/c1-2-3-4-13-7-9-15(16,10-8-13)12-17-11-14-5-6-14/h13-14H,2-12,16H2,1H3. The molecule has 100 valence electrons. The fourth-order valence-electron chi connectivity index (χ4n) is 2.89. The van der Waals surface area contributed by atoms with E-state index in [0.717, 1.165) is 25.0 Å². The van der Waals surface area contributed by atoms with Gasteiger partial charge in [0.05, 0.1) is 6.61 Å². The van der Waals surface area contributed by atoms with Crippen molar-refractivity contribution < 1.29 is 4.74 Å². The van der Waals surface area contributed by atoms with Crippen LogP contribution in [-0.2, 0) is 4.74 Å². The Balaban J connectivity index is 1.61. The van der Waals surface area contributed by atoms with Gasteiger partial charge in [-0.2, -0.15) is 0 Å². The molecule has 2 aliphatic carbocycles. The van der Waals surface area contributed by atoms with Crippen LogP contribution in [0.4, 0.5) is 0 Å². The van der Waals surface area contributed by atoms with Crippen molar-refractivity contribution in [3.8, 4) is 0 Å². The SMILES string of the molecule is CCCCC1CCC(N)(COCC2CC2)CC1. The summed E-state index contributed by atoms with van der Waals surface area (Å²) in [4.78, 5) is 0. The molecule has 2 nitrogen and oxygen atoms in total. The van der Waals surface area contributed by atoms with Gasteiger partial charge in [0.25, 0.3) is 0 Å². The molecule has 0 aromatic rings. The Labute approximate surface area is 106 Å². The Morgan fingerprint density at radius 3 is 2.41 bits per heavy atom. The van der Waals surface area contributed by atoms with Crippen molar-refractivity contribution in [2.24, 2.45) is 17.6 Å². The zero-order valence-electron chi connectivity index (χ0n) is 11.4. The first-order valence-electron chi connectivity index (χ1n) is 7.58. The summed E-state index contributed by atoms with van der Waals surface area (Å²) in [6.45, 7) is 4.03. The van der Waals surface area contributed by atoms with Gasteiger partial charge in [-0.3, -0.25) is 0 Å². The molecule has 0 radical (unpaired) electrons. The molecule has 0 bridgehead atoms. The highest BCUT2D eigenvalue weighted by Gasteiger charge is 2.32. The van der Waals surface area contributed by atoms with E-state index in [1.807, 2.05) is 0 Å². The van der Waals surface area contributed by atoms with Gasteiger partial charge >= 0.3 is 0 Å². The fourth-order valence-corrected chi connectivity index (χ4v) is 2.89. The van der Waals surface area contributed by atoms with Gasteiger partial charge in [-0.25, -0.2) is 0 Å². The van der Waals surface area contributed by atoms with Crippen molar-refractivity contribution in [1.29, 1.82) is 0 Å². The van der Waals surface area contributed by atoms with E-state index >= 15 is 0 Å². The zero-order valence-corrected chi connectivity index (χ0v) is 11.4. The third-order valence-electron chi connectivity index (χ3n) is 4.51. The lowest BCUT2D eigenvalue weighted by Gasteiger charge is -2.37. The molecule has 0 amide bonds. The van der Waals surface area contributed by atoms with Crippen molar-refractivity contribution in [2.75, 3.05) is 13.2 Å². The molecule has 0 saturated heterocycles. The molecule has 0 aliphatic heterocycles. The second-order valence-corrected chi connectivity index (χ2v) is 6.41. The Bertz CT molecular complexity index is 217. The fraction of sp³-hybridized carbons (Fsp3) is 1.00. The van der Waals surface area contributed by atoms with Gasteiger partial charge in [0.2, 0.25) is 0 Å². The minimum Gasteiger partial charge on any atom is -0.379 e. The van der Waals surface area contributed by atoms with E-state index in [0.29, 0.717) is 0 Å². The molecule has 2 aliphatic rings. The summed E-state index contributed by atoms with van der Waals surface area (Å²) in [5.41, 5.74) is 6.43. The third kappa shape index (κ3) is 4.59. The molecule has 0 spiro atoms. The lowest BCUT2D eigenvalue weighted by molar-refractivity contribution is 0.0530. The molecule has 2 heteroatoms. The van der Waals surface area contributed by atoms with Crippen molar-refractivity contribution in [2.45, 2.75) is 70.3 Å². The molecular weight excluding hydrogens is 210 g/mol. The molecule has 0 unspecified atom stereocenters. The maximum atomic E-state index is 6.43. The van der Waals surface area contributed by atoms with Gasteiger partial charge in [-0.1, -0.05) is 26.2 Å². The monoisotopic (exact) mass is 239 g/mol. The number of hydrogen-bond acceptors (Lipinski definition) is 2. The highest BCUT2D eigenvalue weighted by Crippen LogP contribution is 2.34. The van der Waals surface area contributed by atoms with Crippen LogP contribution in [0.25, 0.3) is 0 Å². The average molecular weight is 239 g/mol. The molecule has 17 heavy (non-hydrogen) atoms. The quantitative estimate of drug-likeness (QED) is 0.738. The van der Waals surface area contributed by atoms with E-state index in [2.05, 4.69) is 6.92 Å². The normalized spacial score (nSPS) is 33.9. The van der Waals surface area contributed by atoms with Crippen molar-refractivity contribution >= 4 is 0 Å². The Kier molecular flexibility index (Phi) is 4.87. The number of nitrogens with two attached hydrogens (primary N) is 1. The van der Waals surface area contributed by atoms with Gasteiger partial charge in [0.15, 0.2) is 0 Å². The number of unbranched alkanes of at least 4 members (excludes halogenated alkanes) is 1. The summed E-state index contributed by atoms with van der Waals surface area (Å²) in [7, 11) is 0. The summed E-state index contributed by atoms with van der Waals surface area (Å²) in [6, 6.07) is 0. The lowest BCUT2D eigenvalue weighted by Crippen LogP contribution is -2.47. The van der Waals surface area contributed by atoms with Crippen LogP contribution in [-0.4, -0.2) is 18.8 Å². The van der Waals surface area contributed by atoms with Crippen LogP contribution in [0.1, 0.15) is 64.7 Å². The van der Waals surface area contributed by atoms with Crippen molar-refractivity contribution in [1.82, 2.24) is 0 Å². The maximum Gasteiger partial charge on any atom is 0.0646 e. The van der Waals surface area contributed by atoms with E-state index in [1.165, 1.54) is 57.8 Å². The molecule has 2 N–H and O–H groups in total. The predicted octanol–water partition coefficient (Wildman–Crippen LogP) is 3.49. The Morgan fingerprint density at radius 1 is 1.12 bits per heavy atom. The summed E-state index contributed by atoms with van der Waals surface area (Å²) in [5, 5.41) is 0. The Hall–Kier alpha value is -0.0800. The number of rotatable bonds is 7. The van der Waals surface area contributed by atoms with Crippen LogP contribution >= 0.6 is 0 Å². The summed E-state index contributed by atoms with van der Waals surface area (Å²) in [6.07, 6.45) is 11.9. The smallest absolute Gasteiger partial charge is 0.0646 e. The molecule has 0 heterocycles. The molecular formula is C15H29NO. The predicted molar refractivity (Wildman–Crippen MR) is 71.9 cm³/mol. The highest BCUT2D eigenvalue weighted by molar-refractivity contribution is 4.90. The first kappa shape index (κ1) is 13.4. The minimum atomic E-state index is -0.00238. The van der Waals surface area contributed by atoms with Crippen LogP contribution in [0.2, 0.25) is 0 Å². The van der Waals surface area contributed by atoms with Gasteiger partial charge < -0.3 is 10.5 Å². The topological polar surface area (TPSA) is 35.2 Å². The third-order valence-corrected chi connectivity index (χ3v) is 4.51. The van der Waals surface area contributed by atoms with Crippen LogP contribution in [0.3, 0.4) is 0 Å². The maximum absolute atomic E-state index is 6.43. The average Bonchev–Trinajstić information content (AvgIpc) is 3.13. The molecule has 0 aromatic carbocycles. The minimum absolute atomic E-state index is 0.00238.